The first-order chi connectivity index (χ1) is 7.47. The van der Waals surface area contributed by atoms with Crippen LogP contribution in [0.15, 0.2) is 0 Å². The molecule has 0 amide bonds. The summed E-state index contributed by atoms with van der Waals surface area (Å²) in [5.74, 6) is -0.357. The molecule has 0 fully saturated rings. The minimum absolute atomic E-state index is 0.00986. The summed E-state index contributed by atoms with van der Waals surface area (Å²) in [7, 11) is -1.92. The van der Waals surface area contributed by atoms with E-state index in [0.29, 0.717) is 19.5 Å². The van der Waals surface area contributed by atoms with Gasteiger partial charge in [0.05, 0.1) is 12.9 Å². The Labute approximate surface area is 97.8 Å². The molecule has 16 heavy (non-hydrogen) atoms. The van der Waals surface area contributed by atoms with Crippen molar-refractivity contribution in [2.45, 2.75) is 33.1 Å². The first-order valence-corrected chi connectivity index (χ1v) is 7.13. The van der Waals surface area contributed by atoms with E-state index in [1.165, 1.54) is 11.4 Å². The van der Waals surface area contributed by atoms with E-state index in [1.807, 2.05) is 13.8 Å². The highest BCUT2D eigenvalue weighted by Crippen LogP contribution is 2.06. The molecular formula is C10H21NO4S. The second-order valence-corrected chi connectivity index (χ2v) is 5.58. The average molecular weight is 251 g/mol. The molecule has 0 aromatic carbocycles. The van der Waals surface area contributed by atoms with Gasteiger partial charge in [-0.25, -0.2) is 12.7 Å². The molecule has 0 unspecified atom stereocenters. The molecule has 0 aromatic rings. The Morgan fingerprint density at radius 2 is 1.94 bits per heavy atom. The van der Waals surface area contributed by atoms with Gasteiger partial charge in [-0.1, -0.05) is 13.8 Å². The van der Waals surface area contributed by atoms with E-state index in [0.717, 1.165) is 6.42 Å². The van der Waals surface area contributed by atoms with E-state index in [-0.39, 0.29) is 18.1 Å². The van der Waals surface area contributed by atoms with Crippen LogP contribution in [0.5, 0.6) is 0 Å². The molecule has 0 spiro atoms. The molecule has 0 aliphatic rings. The summed E-state index contributed by atoms with van der Waals surface area (Å²) in [4.78, 5) is 10.8. The number of hydrogen-bond donors (Lipinski definition) is 0. The quantitative estimate of drug-likeness (QED) is 0.604. The smallest absolute Gasteiger partial charge is 0.305 e. The minimum Gasteiger partial charge on any atom is -0.469 e. The van der Waals surface area contributed by atoms with Crippen LogP contribution in [0.2, 0.25) is 0 Å². The monoisotopic (exact) mass is 251 g/mol. The average Bonchev–Trinajstić information content (AvgIpc) is 2.24. The van der Waals surface area contributed by atoms with Crippen molar-refractivity contribution in [2.24, 2.45) is 0 Å². The molecule has 6 heteroatoms. The van der Waals surface area contributed by atoms with Crippen molar-refractivity contribution in [3.8, 4) is 0 Å². The number of nitrogens with zero attached hydrogens (tertiary/aromatic N) is 1. The maximum absolute atomic E-state index is 11.8. The summed E-state index contributed by atoms with van der Waals surface area (Å²) in [6.07, 6.45) is 1.26. The molecule has 0 saturated carbocycles. The topological polar surface area (TPSA) is 63.7 Å². The van der Waals surface area contributed by atoms with E-state index >= 15 is 0 Å². The van der Waals surface area contributed by atoms with E-state index in [2.05, 4.69) is 4.74 Å². The van der Waals surface area contributed by atoms with E-state index in [4.69, 9.17) is 0 Å². The molecule has 0 radical (unpaired) electrons. The normalized spacial score (nSPS) is 11.8. The number of rotatable bonds is 8. The third-order valence-corrected chi connectivity index (χ3v) is 4.26. The molecule has 0 aliphatic carbocycles. The summed E-state index contributed by atoms with van der Waals surface area (Å²) in [6.45, 7) is 4.77. The maximum atomic E-state index is 11.8. The molecule has 0 aliphatic heterocycles. The zero-order valence-electron chi connectivity index (χ0n) is 10.2. The Balaban J connectivity index is 4.17. The van der Waals surface area contributed by atoms with Gasteiger partial charge in [-0.05, 0) is 12.8 Å². The van der Waals surface area contributed by atoms with Crippen LogP contribution in [0.1, 0.15) is 33.1 Å². The second kappa shape index (κ2) is 7.62. The van der Waals surface area contributed by atoms with Crippen LogP contribution in [-0.2, 0) is 19.6 Å². The van der Waals surface area contributed by atoms with Gasteiger partial charge in [-0.2, -0.15) is 0 Å². The number of ether oxygens (including phenoxy) is 1. The molecule has 0 rings (SSSR count). The number of methoxy groups -OCH3 is 1. The van der Waals surface area contributed by atoms with Gasteiger partial charge in [-0.3, -0.25) is 4.79 Å². The van der Waals surface area contributed by atoms with Gasteiger partial charge in [-0.15, -0.1) is 0 Å². The molecule has 96 valence electrons. The zero-order chi connectivity index (χ0) is 12.6. The van der Waals surface area contributed by atoms with E-state index < -0.39 is 10.0 Å². The zero-order valence-corrected chi connectivity index (χ0v) is 11.0. The Bertz CT molecular complexity index is 300. The van der Waals surface area contributed by atoms with Gasteiger partial charge >= 0.3 is 5.97 Å². The first kappa shape index (κ1) is 15.4. The molecular weight excluding hydrogens is 230 g/mol. The number of carbonyl (C=O) groups is 1. The lowest BCUT2D eigenvalue weighted by atomic mass is 10.3. The van der Waals surface area contributed by atoms with Gasteiger partial charge in [0.15, 0.2) is 0 Å². The molecule has 0 N–H and O–H groups in total. The lowest BCUT2D eigenvalue weighted by Gasteiger charge is -2.19. The number of sulfonamides is 1. The Morgan fingerprint density at radius 1 is 1.31 bits per heavy atom. The van der Waals surface area contributed by atoms with Crippen molar-refractivity contribution < 1.29 is 17.9 Å². The number of carbonyl (C=O) groups excluding carboxylic acids is 1. The Morgan fingerprint density at radius 3 is 2.38 bits per heavy atom. The summed E-state index contributed by atoms with van der Waals surface area (Å²) >= 11 is 0. The Kier molecular flexibility index (Phi) is 7.33. The van der Waals surface area contributed by atoms with Crippen LogP contribution in [0.4, 0.5) is 0 Å². The van der Waals surface area contributed by atoms with Gasteiger partial charge in [0.1, 0.15) is 0 Å². The largest absolute Gasteiger partial charge is 0.469 e. The molecule has 5 nitrogen and oxygen atoms in total. The second-order valence-electron chi connectivity index (χ2n) is 3.49. The SMILES string of the molecule is CCCN(CC)S(=O)(=O)CCCC(=O)OC. The van der Waals surface area contributed by atoms with E-state index in [9.17, 15) is 13.2 Å². The maximum Gasteiger partial charge on any atom is 0.305 e. The van der Waals surface area contributed by atoms with Crippen LogP contribution in [-0.4, -0.2) is 44.6 Å². The fraction of sp³-hybridized carbons (Fsp3) is 0.900. The predicted molar refractivity (Wildman–Crippen MR) is 62.6 cm³/mol. The molecule has 0 aromatic heterocycles. The van der Waals surface area contributed by atoms with Crippen LogP contribution in [0.3, 0.4) is 0 Å². The fourth-order valence-corrected chi connectivity index (χ4v) is 2.99. The van der Waals surface area contributed by atoms with Crippen LogP contribution >= 0.6 is 0 Å². The van der Waals surface area contributed by atoms with Crippen molar-refractivity contribution in [3.05, 3.63) is 0 Å². The van der Waals surface area contributed by atoms with Crippen molar-refractivity contribution in [1.29, 1.82) is 0 Å². The molecule has 0 saturated heterocycles. The number of hydrogen-bond acceptors (Lipinski definition) is 4. The van der Waals surface area contributed by atoms with E-state index in [1.54, 1.807) is 0 Å². The summed E-state index contributed by atoms with van der Waals surface area (Å²) in [5, 5.41) is 0. The predicted octanol–water partition coefficient (Wildman–Crippen LogP) is 1.00. The standard InChI is InChI=1S/C10H21NO4S/c1-4-8-11(5-2)16(13,14)9-6-7-10(12)15-3/h4-9H2,1-3H3. The highest BCUT2D eigenvalue weighted by Gasteiger charge is 2.19. The summed E-state index contributed by atoms with van der Waals surface area (Å²) in [6, 6.07) is 0. The Hall–Kier alpha value is -0.620. The minimum atomic E-state index is -3.21. The highest BCUT2D eigenvalue weighted by atomic mass is 32.2. The van der Waals surface area contributed by atoms with Crippen molar-refractivity contribution in [2.75, 3.05) is 26.0 Å². The van der Waals surface area contributed by atoms with Crippen molar-refractivity contribution in [1.82, 2.24) is 4.31 Å². The van der Waals surface area contributed by atoms with Crippen LogP contribution in [0, 0.1) is 0 Å². The van der Waals surface area contributed by atoms with Gasteiger partial charge < -0.3 is 4.74 Å². The third-order valence-electron chi connectivity index (χ3n) is 2.23. The van der Waals surface area contributed by atoms with Gasteiger partial charge in [0.2, 0.25) is 10.0 Å². The first-order valence-electron chi connectivity index (χ1n) is 5.52. The molecule has 0 heterocycles. The highest BCUT2D eigenvalue weighted by molar-refractivity contribution is 7.89. The van der Waals surface area contributed by atoms with Gasteiger partial charge in [0, 0.05) is 19.5 Å². The van der Waals surface area contributed by atoms with Crippen molar-refractivity contribution in [3.63, 3.8) is 0 Å². The van der Waals surface area contributed by atoms with Crippen LogP contribution < -0.4 is 0 Å². The lowest BCUT2D eigenvalue weighted by molar-refractivity contribution is -0.140. The van der Waals surface area contributed by atoms with Gasteiger partial charge in [0.25, 0.3) is 0 Å². The lowest BCUT2D eigenvalue weighted by Crippen LogP contribution is -2.33. The summed E-state index contributed by atoms with van der Waals surface area (Å²) in [5.41, 5.74) is 0. The third kappa shape index (κ3) is 5.46. The molecule has 0 atom stereocenters. The molecule has 0 bridgehead atoms. The van der Waals surface area contributed by atoms with Crippen molar-refractivity contribution >= 4 is 16.0 Å². The fourth-order valence-electron chi connectivity index (χ4n) is 1.37. The number of esters is 1. The van der Waals surface area contributed by atoms with Crippen LogP contribution in [0.25, 0.3) is 0 Å². The summed E-state index contributed by atoms with van der Waals surface area (Å²) < 4.78 is 29.5.